The molecule has 1 saturated heterocycles. The zero-order valence-corrected chi connectivity index (χ0v) is 12.8. The van der Waals surface area contributed by atoms with Crippen LogP contribution < -0.4 is 5.32 Å². The number of amides is 2. The van der Waals surface area contributed by atoms with E-state index < -0.39 is 0 Å². The number of rotatable bonds is 1. The average Bonchev–Trinajstić information content (AvgIpc) is 2.49. The third-order valence-corrected chi connectivity index (χ3v) is 4.93. The number of nitrogens with one attached hydrogen (secondary N) is 2. The highest BCUT2D eigenvalue weighted by Crippen LogP contribution is 2.45. The Bertz CT molecular complexity index is 387. The van der Waals surface area contributed by atoms with Crippen LogP contribution >= 0.6 is 0 Å². The first-order valence-corrected chi connectivity index (χ1v) is 7.38. The third kappa shape index (κ3) is 2.26. The summed E-state index contributed by atoms with van der Waals surface area (Å²) in [6.07, 6.45) is 4.05. The van der Waals surface area contributed by atoms with Gasteiger partial charge in [0.1, 0.15) is 11.4 Å². The fourth-order valence-electron chi connectivity index (χ4n) is 3.78. The Labute approximate surface area is 116 Å². The van der Waals surface area contributed by atoms with E-state index in [0.717, 1.165) is 25.7 Å². The van der Waals surface area contributed by atoms with E-state index in [0.29, 0.717) is 17.2 Å². The van der Waals surface area contributed by atoms with Crippen LogP contribution in [0.5, 0.6) is 0 Å². The summed E-state index contributed by atoms with van der Waals surface area (Å²) < 4.78 is 0. The molecule has 4 heteroatoms. The molecule has 1 saturated carbocycles. The Kier molecular flexibility index (Phi) is 3.40. The molecule has 1 spiro atoms. The van der Waals surface area contributed by atoms with Gasteiger partial charge in [0.25, 0.3) is 0 Å². The first-order chi connectivity index (χ1) is 8.68. The number of amidine groups is 1. The van der Waals surface area contributed by atoms with Crippen LogP contribution in [-0.4, -0.2) is 28.3 Å². The van der Waals surface area contributed by atoms with Gasteiger partial charge in [-0.25, -0.2) is 4.79 Å². The molecular weight excluding hydrogens is 238 g/mol. The van der Waals surface area contributed by atoms with Crippen LogP contribution in [0.25, 0.3) is 0 Å². The highest BCUT2D eigenvalue weighted by Gasteiger charge is 2.53. The van der Waals surface area contributed by atoms with Gasteiger partial charge in [-0.2, -0.15) is 0 Å². The monoisotopic (exact) mass is 265 g/mol. The quantitative estimate of drug-likeness (QED) is 0.750. The van der Waals surface area contributed by atoms with Crippen molar-refractivity contribution >= 4 is 11.9 Å². The van der Waals surface area contributed by atoms with Gasteiger partial charge in [-0.1, -0.05) is 20.8 Å². The minimum absolute atomic E-state index is 0.0887. The third-order valence-electron chi connectivity index (χ3n) is 4.93. The van der Waals surface area contributed by atoms with Crippen LogP contribution in [-0.2, 0) is 0 Å². The number of nitrogens with zero attached hydrogens (tertiary/aromatic N) is 1. The van der Waals surface area contributed by atoms with E-state index >= 15 is 0 Å². The molecule has 0 aromatic heterocycles. The lowest BCUT2D eigenvalue weighted by molar-refractivity contribution is 0.0767. The van der Waals surface area contributed by atoms with Crippen molar-refractivity contribution in [3.8, 4) is 0 Å². The molecule has 2 rings (SSSR count). The van der Waals surface area contributed by atoms with Crippen LogP contribution in [0.1, 0.15) is 60.3 Å². The van der Waals surface area contributed by atoms with E-state index in [1.165, 1.54) is 0 Å². The van der Waals surface area contributed by atoms with Gasteiger partial charge in [0.2, 0.25) is 0 Å². The van der Waals surface area contributed by atoms with Crippen molar-refractivity contribution in [2.75, 3.05) is 0 Å². The minimum Gasteiger partial charge on any atom is -0.309 e. The summed E-state index contributed by atoms with van der Waals surface area (Å²) in [7, 11) is 0. The standard InChI is InChI=1S/C15H27N3O/c1-10(2)18-13(19)17-12(16)15(18)8-6-11(7-9-15)14(3,4)5/h10-11H,6-9H2,1-5H3,(H2,16,17,19). The van der Waals surface area contributed by atoms with Crippen molar-refractivity contribution < 1.29 is 4.79 Å². The number of hydrogen-bond acceptors (Lipinski definition) is 2. The molecule has 1 aliphatic carbocycles. The normalized spacial score (nSPS) is 32.3. The second-order valence-corrected chi connectivity index (χ2v) is 7.44. The maximum absolute atomic E-state index is 12.1. The van der Waals surface area contributed by atoms with Crippen LogP contribution in [0.3, 0.4) is 0 Å². The molecule has 0 atom stereocenters. The number of urea groups is 1. The molecule has 0 aromatic carbocycles. The summed E-state index contributed by atoms with van der Waals surface area (Å²) in [5.41, 5.74) is -0.0322. The first-order valence-electron chi connectivity index (χ1n) is 7.38. The molecule has 4 nitrogen and oxygen atoms in total. The molecule has 2 N–H and O–H groups in total. The molecule has 2 fully saturated rings. The van der Waals surface area contributed by atoms with Gasteiger partial charge < -0.3 is 4.90 Å². The van der Waals surface area contributed by atoms with Crippen LogP contribution in [0, 0.1) is 16.7 Å². The summed E-state index contributed by atoms with van der Waals surface area (Å²) in [5, 5.41) is 10.9. The number of carbonyl (C=O) groups is 1. The molecule has 19 heavy (non-hydrogen) atoms. The molecule has 1 aliphatic heterocycles. The summed E-state index contributed by atoms with van der Waals surface area (Å²) in [6, 6.07) is 0.0586. The maximum atomic E-state index is 12.1. The van der Waals surface area contributed by atoms with E-state index in [9.17, 15) is 4.79 Å². The molecule has 0 aromatic rings. The van der Waals surface area contributed by atoms with Gasteiger partial charge in [0.15, 0.2) is 0 Å². The molecule has 1 heterocycles. The second kappa shape index (κ2) is 4.50. The van der Waals surface area contributed by atoms with E-state index in [2.05, 4.69) is 26.1 Å². The van der Waals surface area contributed by atoms with Crippen molar-refractivity contribution in [3.05, 3.63) is 0 Å². The Hall–Kier alpha value is -1.06. The number of hydrogen-bond donors (Lipinski definition) is 2. The lowest BCUT2D eigenvalue weighted by Gasteiger charge is -2.46. The van der Waals surface area contributed by atoms with Crippen molar-refractivity contribution in [1.82, 2.24) is 10.2 Å². The molecule has 108 valence electrons. The molecular formula is C15H27N3O. The van der Waals surface area contributed by atoms with Crippen molar-refractivity contribution in [3.63, 3.8) is 0 Å². The highest BCUT2D eigenvalue weighted by molar-refractivity contribution is 6.08. The van der Waals surface area contributed by atoms with Crippen molar-refractivity contribution in [1.29, 1.82) is 5.41 Å². The van der Waals surface area contributed by atoms with E-state index in [-0.39, 0.29) is 17.6 Å². The Morgan fingerprint density at radius 2 is 1.84 bits per heavy atom. The second-order valence-electron chi connectivity index (χ2n) is 7.44. The highest BCUT2D eigenvalue weighted by atomic mass is 16.2. The van der Waals surface area contributed by atoms with E-state index in [4.69, 9.17) is 5.41 Å². The molecule has 2 aliphatic rings. The first kappa shape index (κ1) is 14.4. The predicted molar refractivity (Wildman–Crippen MR) is 77.4 cm³/mol. The summed E-state index contributed by atoms with van der Waals surface area (Å²) in [5.74, 6) is 1.11. The van der Waals surface area contributed by atoms with E-state index in [1.807, 2.05) is 18.7 Å². The van der Waals surface area contributed by atoms with Crippen molar-refractivity contribution in [2.45, 2.75) is 71.9 Å². The van der Waals surface area contributed by atoms with Crippen LogP contribution in [0.4, 0.5) is 4.79 Å². The Balaban J connectivity index is 2.20. The molecule has 2 amide bonds. The van der Waals surface area contributed by atoms with Crippen molar-refractivity contribution in [2.24, 2.45) is 11.3 Å². The van der Waals surface area contributed by atoms with Crippen LogP contribution in [0.2, 0.25) is 0 Å². The smallest absolute Gasteiger partial charge is 0.309 e. The zero-order valence-electron chi connectivity index (χ0n) is 12.8. The van der Waals surface area contributed by atoms with Gasteiger partial charge in [0.05, 0.1) is 0 Å². The van der Waals surface area contributed by atoms with Gasteiger partial charge in [-0.3, -0.25) is 10.7 Å². The molecule has 0 radical (unpaired) electrons. The lowest BCUT2D eigenvalue weighted by atomic mass is 9.66. The SMILES string of the molecule is CC(C)N1C(=O)NC(=N)C12CCC(C(C)(C)C)CC2. The average molecular weight is 265 g/mol. The lowest BCUT2D eigenvalue weighted by Crippen LogP contribution is -2.54. The van der Waals surface area contributed by atoms with Gasteiger partial charge in [0, 0.05) is 6.04 Å². The maximum Gasteiger partial charge on any atom is 0.323 e. The fraction of sp³-hybridized carbons (Fsp3) is 0.867. The predicted octanol–water partition coefficient (Wildman–Crippen LogP) is 3.37. The Morgan fingerprint density at radius 3 is 2.26 bits per heavy atom. The molecule has 0 bridgehead atoms. The summed E-state index contributed by atoms with van der Waals surface area (Å²) >= 11 is 0. The topological polar surface area (TPSA) is 56.2 Å². The fourth-order valence-corrected chi connectivity index (χ4v) is 3.78. The van der Waals surface area contributed by atoms with Gasteiger partial charge >= 0.3 is 6.03 Å². The summed E-state index contributed by atoms with van der Waals surface area (Å²) in [6.45, 7) is 10.9. The van der Waals surface area contributed by atoms with Gasteiger partial charge in [-0.05, 0) is 50.9 Å². The van der Waals surface area contributed by atoms with Crippen LogP contribution in [0.15, 0.2) is 0 Å². The van der Waals surface area contributed by atoms with E-state index in [1.54, 1.807) is 0 Å². The summed E-state index contributed by atoms with van der Waals surface area (Å²) in [4.78, 5) is 13.9. The molecule has 0 unspecified atom stereocenters. The Morgan fingerprint density at radius 1 is 1.32 bits per heavy atom. The zero-order chi connectivity index (χ0) is 14.4. The van der Waals surface area contributed by atoms with Gasteiger partial charge in [-0.15, -0.1) is 0 Å². The largest absolute Gasteiger partial charge is 0.323 e. The minimum atomic E-state index is -0.354. The number of carbonyl (C=O) groups excluding carboxylic acids is 1.